The number of hydrogen-bond acceptors (Lipinski definition) is 2. The van der Waals surface area contributed by atoms with Crippen LogP contribution in [0.5, 0.6) is 0 Å². The number of rotatable bonds is 4. The van der Waals surface area contributed by atoms with Crippen molar-refractivity contribution in [2.45, 2.75) is 11.8 Å². The highest BCUT2D eigenvalue weighted by molar-refractivity contribution is 7.92. The molecule has 0 bridgehead atoms. The lowest BCUT2D eigenvalue weighted by Crippen LogP contribution is -2.13. The number of benzene rings is 2. The van der Waals surface area contributed by atoms with Gasteiger partial charge >= 0.3 is 0 Å². The molecule has 3 aromatic rings. The van der Waals surface area contributed by atoms with E-state index in [0.29, 0.717) is 10.7 Å². The standard InChI is InChI=1S/C18H17ClN2O2S/c1-13-3-4-14(15-9-10-21(2)12-15)11-18(13)20-24(22,23)17-7-5-16(19)6-8-17/h3-12,20H,1-2H3. The Morgan fingerprint density at radius 3 is 2.33 bits per heavy atom. The van der Waals surface area contributed by atoms with Crippen molar-refractivity contribution in [1.29, 1.82) is 0 Å². The molecule has 0 aliphatic rings. The number of aryl methyl sites for hydroxylation is 2. The van der Waals surface area contributed by atoms with Crippen LogP contribution in [-0.2, 0) is 17.1 Å². The molecule has 124 valence electrons. The van der Waals surface area contributed by atoms with Crippen molar-refractivity contribution in [3.63, 3.8) is 0 Å². The second-order valence-corrected chi connectivity index (χ2v) is 7.77. The normalized spacial score (nSPS) is 11.5. The van der Waals surface area contributed by atoms with Gasteiger partial charge in [0.25, 0.3) is 10.0 Å². The number of anilines is 1. The molecule has 0 aliphatic heterocycles. The quantitative estimate of drug-likeness (QED) is 0.747. The lowest BCUT2D eigenvalue weighted by molar-refractivity contribution is 0.601. The molecule has 0 spiro atoms. The highest BCUT2D eigenvalue weighted by atomic mass is 35.5. The van der Waals surface area contributed by atoms with E-state index >= 15 is 0 Å². The topological polar surface area (TPSA) is 51.1 Å². The molecule has 3 rings (SSSR count). The molecule has 1 aromatic heterocycles. The predicted molar refractivity (Wildman–Crippen MR) is 97.8 cm³/mol. The van der Waals surface area contributed by atoms with Gasteiger partial charge in [-0.2, -0.15) is 0 Å². The highest BCUT2D eigenvalue weighted by Gasteiger charge is 2.15. The fraction of sp³-hybridized carbons (Fsp3) is 0.111. The fourth-order valence-electron chi connectivity index (χ4n) is 2.40. The maximum absolute atomic E-state index is 12.6. The molecule has 4 nitrogen and oxygen atoms in total. The Bertz CT molecular complexity index is 977. The van der Waals surface area contributed by atoms with Crippen LogP contribution < -0.4 is 4.72 Å². The number of halogens is 1. The lowest BCUT2D eigenvalue weighted by Gasteiger charge is -2.12. The van der Waals surface area contributed by atoms with Crippen molar-refractivity contribution in [1.82, 2.24) is 4.57 Å². The van der Waals surface area contributed by atoms with E-state index in [2.05, 4.69) is 4.72 Å². The first-order valence-corrected chi connectivity index (χ1v) is 9.23. The largest absolute Gasteiger partial charge is 0.357 e. The van der Waals surface area contributed by atoms with Crippen molar-refractivity contribution in [2.75, 3.05) is 4.72 Å². The highest BCUT2D eigenvalue weighted by Crippen LogP contribution is 2.27. The van der Waals surface area contributed by atoms with Gasteiger partial charge in [0.15, 0.2) is 0 Å². The van der Waals surface area contributed by atoms with Gasteiger partial charge in [0.2, 0.25) is 0 Å². The van der Waals surface area contributed by atoms with Gasteiger partial charge in [-0.15, -0.1) is 0 Å². The molecule has 1 heterocycles. The van der Waals surface area contributed by atoms with E-state index in [4.69, 9.17) is 11.6 Å². The van der Waals surface area contributed by atoms with Gasteiger partial charge in [0.05, 0.1) is 10.6 Å². The first-order chi connectivity index (χ1) is 11.3. The van der Waals surface area contributed by atoms with Crippen LogP contribution in [0, 0.1) is 6.92 Å². The first kappa shape index (κ1) is 16.6. The van der Waals surface area contributed by atoms with Gasteiger partial charge in [-0.25, -0.2) is 8.42 Å². The smallest absolute Gasteiger partial charge is 0.261 e. The van der Waals surface area contributed by atoms with E-state index in [9.17, 15) is 8.42 Å². The zero-order valence-corrected chi connectivity index (χ0v) is 14.9. The third-order valence-corrected chi connectivity index (χ3v) is 5.40. The van der Waals surface area contributed by atoms with Crippen molar-refractivity contribution in [3.8, 4) is 11.1 Å². The zero-order chi connectivity index (χ0) is 17.3. The molecule has 24 heavy (non-hydrogen) atoms. The van der Waals surface area contributed by atoms with Crippen LogP contribution in [0.4, 0.5) is 5.69 Å². The van der Waals surface area contributed by atoms with Crippen LogP contribution in [0.15, 0.2) is 65.8 Å². The minimum atomic E-state index is -3.66. The summed E-state index contributed by atoms with van der Waals surface area (Å²) in [5, 5.41) is 0.496. The molecule has 0 aliphatic carbocycles. The molecule has 6 heteroatoms. The second-order valence-electron chi connectivity index (χ2n) is 5.65. The summed E-state index contributed by atoms with van der Waals surface area (Å²) >= 11 is 5.82. The van der Waals surface area contributed by atoms with E-state index in [1.54, 1.807) is 12.1 Å². The van der Waals surface area contributed by atoms with Gasteiger partial charge in [-0.1, -0.05) is 23.7 Å². The van der Waals surface area contributed by atoms with Crippen LogP contribution in [-0.4, -0.2) is 13.0 Å². The summed E-state index contributed by atoms with van der Waals surface area (Å²) < 4.78 is 29.7. The molecule has 0 saturated heterocycles. The molecular weight excluding hydrogens is 344 g/mol. The average molecular weight is 361 g/mol. The molecular formula is C18H17ClN2O2S. The van der Waals surface area contributed by atoms with Gasteiger partial charge < -0.3 is 4.57 Å². The summed E-state index contributed by atoms with van der Waals surface area (Å²) in [6.07, 6.45) is 3.94. The summed E-state index contributed by atoms with van der Waals surface area (Å²) in [6.45, 7) is 1.87. The Labute approximate surface area is 146 Å². The maximum Gasteiger partial charge on any atom is 0.261 e. The second kappa shape index (κ2) is 6.34. The van der Waals surface area contributed by atoms with E-state index < -0.39 is 10.0 Å². The van der Waals surface area contributed by atoms with Crippen molar-refractivity contribution >= 4 is 27.3 Å². The van der Waals surface area contributed by atoms with Crippen LogP contribution in [0.25, 0.3) is 11.1 Å². The summed E-state index contributed by atoms with van der Waals surface area (Å²) in [5.41, 5.74) is 3.40. The zero-order valence-electron chi connectivity index (χ0n) is 13.3. The molecule has 0 unspecified atom stereocenters. The van der Waals surface area contributed by atoms with E-state index in [1.807, 2.05) is 55.2 Å². The van der Waals surface area contributed by atoms with Crippen LogP contribution in [0.1, 0.15) is 5.56 Å². The molecule has 1 N–H and O–H groups in total. The number of nitrogens with one attached hydrogen (secondary N) is 1. The molecule has 2 aromatic carbocycles. The minimum Gasteiger partial charge on any atom is -0.357 e. The lowest BCUT2D eigenvalue weighted by atomic mass is 10.1. The monoisotopic (exact) mass is 360 g/mol. The van der Waals surface area contributed by atoms with E-state index in [-0.39, 0.29) is 4.90 Å². The molecule has 0 amide bonds. The number of aromatic nitrogens is 1. The van der Waals surface area contributed by atoms with E-state index in [0.717, 1.165) is 16.7 Å². The molecule has 0 radical (unpaired) electrons. The van der Waals surface area contributed by atoms with Crippen molar-refractivity contribution in [2.24, 2.45) is 7.05 Å². The Balaban J connectivity index is 1.96. The Morgan fingerprint density at radius 2 is 1.71 bits per heavy atom. The number of sulfonamides is 1. The summed E-state index contributed by atoms with van der Waals surface area (Å²) in [7, 11) is -1.71. The summed E-state index contributed by atoms with van der Waals surface area (Å²) in [6, 6.07) is 13.8. The molecule has 0 saturated carbocycles. The maximum atomic E-state index is 12.6. The predicted octanol–water partition coefficient (Wildman–Crippen LogP) is 4.45. The van der Waals surface area contributed by atoms with Crippen LogP contribution >= 0.6 is 11.6 Å². The van der Waals surface area contributed by atoms with Gasteiger partial charge in [-0.3, -0.25) is 4.72 Å². The average Bonchev–Trinajstić information content (AvgIpc) is 2.96. The molecule has 0 atom stereocenters. The summed E-state index contributed by atoms with van der Waals surface area (Å²) in [4.78, 5) is 0.177. The molecule has 0 fully saturated rings. The first-order valence-electron chi connectivity index (χ1n) is 7.36. The Kier molecular flexibility index (Phi) is 4.39. The van der Waals surface area contributed by atoms with Gasteiger partial charge in [0.1, 0.15) is 0 Å². The third-order valence-electron chi connectivity index (χ3n) is 3.77. The minimum absolute atomic E-state index is 0.177. The SMILES string of the molecule is Cc1ccc(-c2ccn(C)c2)cc1NS(=O)(=O)c1ccc(Cl)cc1. The summed E-state index contributed by atoms with van der Waals surface area (Å²) in [5.74, 6) is 0. The number of hydrogen-bond donors (Lipinski definition) is 1. The third kappa shape index (κ3) is 3.47. The van der Waals surface area contributed by atoms with Gasteiger partial charge in [0, 0.05) is 24.5 Å². The van der Waals surface area contributed by atoms with E-state index in [1.165, 1.54) is 12.1 Å². The Morgan fingerprint density at radius 1 is 1.00 bits per heavy atom. The number of nitrogens with zero attached hydrogens (tertiary/aromatic N) is 1. The van der Waals surface area contributed by atoms with Crippen LogP contribution in [0.3, 0.4) is 0 Å². The van der Waals surface area contributed by atoms with Crippen molar-refractivity contribution in [3.05, 3.63) is 71.5 Å². The van der Waals surface area contributed by atoms with Gasteiger partial charge in [-0.05, 0) is 60.0 Å². The van der Waals surface area contributed by atoms with Crippen LogP contribution in [0.2, 0.25) is 5.02 Å². The van der Waals surface area contributed by atoms with Crippen molar-refractivity contribution < 1.29 is 8.42 Å². The fourth-order valence-corrected chi connectivity index (χ4v) is 3.65. The Hall–Kier alpha value is -2.24.